The molecule has 0 unspecified atom stereocenters. The molecule has 1 aliphatic rings. The fourth-order valence-corrected chi connectivity index (χ4v) is 2.07. The number of ether oxygens (including phenoxy) is 1. The van der Waals surface area contributed by atoms with Crippen LogP contribution in [0.1, 0.15) is 19.8 Å². The van der Waals surface area contributed by atoms with Gasteiger partial charge in [0.2, 0.25) is 11.8 Å². The van der Waals surface area contributed by atoms with Crippen LogP contribution in [0.4, 0.5) is 17.5 Å². The molecule has 2 N–H and O–H groups in total. The highest BCUT2D eigenvalue weighted by Crippen LogP contribution is 2.23. The SMILES string of the molecule is CCNc1ncc([N+](=O)[O-])c(NCC2CCOCC2)n1. The van der Waals surface area contributed by atoms with E-state index in [1.54, 1.807) is 0 Å². The van der Waals surface area contributed by atoms with Crippen LogP contribution in [0.3, 0.4) is 0 Å². The number of hydrogen-bond acceptors (Lipinski definition) is 7. The zero-order chi connectivity index (χ0) is 14.4. The molecule has 1 aromatic heterocycles. The molecule has 110 valence electrons. The molecule has 0 amide bonds. The Labute approximate surface area is 117 Å². The number of nitrogens with one attached hydrogen (secondary N) is 2. The van der Waals surface area contributed by atoms with Crippen LogP contribution in [-0.2, 0) is 4.74 Å². The van der Waals surface area contributed by atoms with Gasteiger partial charge in [-0.2, -0.15) is 4.98 Å². The third-order valence-corrected chi connectivity index (χ3v) is 3.20. The van der Waals surface area contributed by atoms with Crippen molar-refractivity contribution < 1.29 is 9.66 Å². The van der Waals surface area contributed by atoms with Crippen LogP contribution in [0.15, 0.2) is 6.20 Å². The highest BCUT2D eigenvalue weighted by molar-refractivity contribution is 5.56. The second-order valence-electron chi connectivity index (χ2n) is 4.65. The van der Waals surface area contributed by atoms with Crippen LogP contribution < -0.4 is 10.6 Å². The van der Waals surface area contributed by atoms with Crippen molar-refractivity contribution >= 4 is 17.5 Å². The molecular weight excluding hydrogens is 262 g/mol. The molecule has 0 aliphatic carbocycles. The van der Waals surface area contributed by atoms with E-state index in [0.29, 0.717) is 25.0 Å². The number of nitro groups is 1. The number of anilines is 2. The Kier molecular flexibility index (Phi) is 5.05. The molecule has 0 radical (unpaired) electrons. The monoisotopic (exact) mass is 281 g/mol. The number of nitrogens with zero attached hydrogens (tertiary/aromatic N) is 3. The summed E-state index contributed by atoms with van der Waals surface area (Å²) in [5, 5.41) is 17.0. The molecule has 20 heavy (non-hydrogen) atoms. The predicted molar refractivity (Wildman–Crippen MR) is 74.9 cm³/mol. The highest BCUT2D eigenvalue weighted by Gasteiger charge is 2.19. The van der Waals surface area contributed by atoms with Gasteiger partial charge in [0.15, 0.2) is 0 Å². The molecular formula is C12H19N5O3. The summed E-state index contributed by atoms with van der Waals surface area (Å²) in [4.78, 5) is 18.6. The standard InChI is InChI=1S/C12H19N5O3/c1-2-13-12-15-8-10(17(18)19)11(16-12)14-7-9-3-5-20-6-4-9/h8-9H,2-7H2,1H3,(H2,13,14,15,16). The van der Waals surface area contributed by atoms with E-state index in [0.717, 1.165) is 26.1 Å². The maximum Gasteiger partial charge on any atom is 0.329 e. The van der Waals surface area contributed by atoms with Gasteiger partial charge in [0.1, 0.15) is 6.20 Å². The van der Waals surface area contributed by atoms with Gasteiger partial charge in [0, 0.05) is 26.3 Å². The topological polar surface area (TPSA) is 102 Å². The summed E-state index contributed by atoms with van der Waals surface area (Å²) in [6.07, 6.45) is 3.16. The van der Waals surface area contributed by atoms with Crippen molar-refractivity contribution in [3.05, 3.63) is 16.3 Å². The molecule has 0 aromatic carbocycles. The molecule has 0 saturated carbocycles. The quantitative estimate of drug-likeness (QED) is 0.603. The Balaban J connectivity index is 2.06. The lowest BCUT2D eigenvalue weighted by atomic mass is 10.0. The van der Waals surface area contributed by atoms with Crippen molar-refractivity contribution in [3.63, 3.8) is 0 Å². The lowest BCUT2D eigenvalue weighted by Gasteiger charge is -2.22. The number of hydrogen-bond donors (Lipinski definition) is 2. The minimum Gasteiger partial charge on any atom is -0.381 e. The highest BCUT2D eigenvalue weighted by atomic mass is 16.6. The molecule has 1 saturated heterocycles. The normalized spacial score (nSPS) is 15.8. The Hall–Kier alpha value is -1.96. The predicted octanol–water partition coefficient (Wildman–Crippen LogP) is 1.66. The average Bonchev–Trinajstić information content (AvgIpc) is 2.46. The Morgan fingerprint density at radius 1 is 1.45 bits per heavy atom. The maximum atomic E-state index is 11.0. The third kappa shape index (κ3) is 3.77. The van der Waals surface area contributed by atoms with E-state index >= 15 is 0 Å². The van der Waals surface area contributed by atoms with Gasteiger partial charge in [-0.15, -0.1) is 0 Å². The minimum absolute atomic E-state index is 0.0984. The van der Waals surface area contributed by atoms with Gasteiger partial charge in [-0.25, -0.2) is 4.98 Å². The molecule has 1 aromatic rings. The molecule has 1 aliphatic heterocycles. The van der Waals surface area contributed by atoms with E-state index in [1.165, 1.54) is 6.20 Å². The minimum atomic E-state index is -0.470. The number of rotatable bonds is 6. The molecule has 0 atom stereocenters. The Bertz CT molecular complexity index is 462. The van der Waals surface area contributed by atoms with Crippen LogP contribution in [0.2, 0.25) is 0 Å². The van der Waals surface area contributed by atoms with E-state index in [9.17, 15) is 10.1 Å². The summed E-state index contributed by atoms with van der Waals surface area (Å²) in [6.45, 7) is 4.74. The van der Waals surface area contributed by atoms with Gasteiger partial charge in [-0.1, -0.05) is 0 Å². The number of aromatic nitrogens is 2. The molecule has 2 rings (SSSR count). The Morgan fingerprint density at radius 3 is 2.85 bits per heavy atom. The molecule has 8 heteroatoms. The molecule has 0 spiro atoms. The average molecular weight is 281 g/mol. The van der Waals surface area contributed by atoms with Crippen LogP contribution in [0.25, 0.3) is 0 Å². The summed E-state index contributed by atoms with van der Waals surface area (Å²) >= 11 is 0. The van der Waals surface area contributed by atoms with Crippen LogP contribution >= 0.6 is 0 Å². The van der Waals surface area contributed by atoms with Gasteiger partial charge in [0.25, 0.3) is 0 Å². The summed E-state index contributed by atoms with van der Waals surface area (Å²) < 4.78 is 5.29. The second-order valence-corrected chi connectivity index (χ2v) is 4.65. The van der Waals surface area contributed by atoms with Gasteiger partial charge in [-0.3, -0.25) is 10.1 Å². The van der Waals surface area contributed by atoms with E-state index < -0.39 is 4.92 Å². The summed E-state index contributed by atoms with van der Waals surface area (Å²) in [6, 6.07) is 0. The summed E-state index contributed by atoms with van der Waals surface area (Å²) in [5.41, 5.74) is -0.0984. The molecule has 0 bridgehead atoms. The molecule has 1 fully saturated rings. The summed E-state index contributed by atoms with van der Waals surface area (Å²) in [5.74, 6) is 1.13. The van der Waals surface area contributed by atoms with E-state index in [1.807, 2.05) is 6.92 Å². The first-order valence-corrected chi connectivity index (χ1v) is 6.77. The van der Waals surface area contributed by atoms with Crippen molar-refractivity contribution in [1.29, 1.82) is 0 Å². The van der Waals surface area contributed by atoms with Crippen molar-refractivity contribution in [1.82, 2.24) is 9.97 Å². The zero-order valence-corrected chi connectivity index (χ0v) is 11.5. The molecule has 8 nitrogen and oxygen atoms in total. The largest absolute Gasteiger partial charge is 0.381 e. The first kappa shape index (κ1) is 14.4. The van der Waals surface area contributed by atoms with Crippen molar-refractivity contribution in [2.75, 3.05) is 36.9 Å². The zero-order valence-electron chi connectivity index (χ0n) is 11.5. The second kappa shape index (κ2) is 6.99. The fourth-order valence-electron chi connectivity index (χ4n) is 2.07. The first-order valence-electron chi connectivity index (χ1n) is 6.77. The van der Waals surface area contributed by atoms with Crippen LogP contribution in [-0.4, -0.2) is 41.2 Å². The van der Waals surface area contributed by atoms with Crippen molar-refractivity contribution in [3.8, 4) is 0 Å². The third-order valence-electron chi connectivity index (χ3n) is 3.20. The van der Waals surface area contributed by atoms with E-state index in [2.05, 4.69) is 20.6 Å². The van der Waals surface area contributed by atoms with Crippen LogP contribution in [0.5, 0.6) is 0 Å². The summed E-state index contributed by atoms with van der Waals surface area (Å²) in [7, 11) is 0. The van der Waals surface area contributed by atoms with Gasteiger partial charge < -0.3 is 15.4 Å². The fraction of sp³-hybridized carbons (Fsp3) is 0.667. The maximum absolute atomic E-state index is 11.0. The van der Waals surface area contributed by atoms with Crippen LogP contribution in [0, 0.1) is 16.0 Å². The van der Waals surface area contributed by atoms with Gasteiger partial charge in [-0.05, 0) is 25.7 Å². The Morgan fingerprint density at radius 2 is 2.20 bits per heavy atom. The van der Waals surface area contributed by atoms with E-state index in [4.69, 9.17) is 4.74 Å². The van der Waals surface area contributed by atoms with Gasteiger partial charge >= 0.3 is 5.69 Å². The lowest BCUT2D eigenvalue weighted by molar-refractivity contribution is -0.384. The van der Waals surface area contributed by atoms with Crippen molar-refractivity contribution in [2.24, 2.45) is 5.92 Å². The molecule has 2 heterocycles. The van der Waals surface area contributed by atoms with Crippen molar-refractivity contribution in [2.45, 2.75) is 19.8 Å². The smallest absolute Gasteiger partial charge is 0.329 e. The van der Waals surface area contributed by atoms with Gasteiger partial charge in [0.05, 0.1) is 4.92 Å². The lowest BCUT2D eigenvalue weighted by Crippen LogP contribution is -2.23. The first-order chi connectivity index (χ1) is 9.70. The van der Waals surface area contributed by atoms with E-state index in [-0.39, 0.29) is 11.5 Å².